The molecule has 0 spiro atoms. The molecular formula is C10H9ClO2S. The van der Waals surface area contributed by atoms with Gasteiger partial charge in [0.2, 0.25) is 10.3 Å². The standard InChI is InChI=1S/C10H8O2S.ClH/c11-13(12)10-6-5-8-3-1-2-4-9(8)7-10;/h1-6H,7H2;1H. The van der Waals surface area contributed by atoms with Crippen molar-refractivity contribution in [2.75, 3.05) is 0 Å². The molecule has 0 fully saturated rings. The van der Waals surface area contributed by atoms with Gasteiger partial charge in [-0.1, -0.05) is 30.3 Å². The third-order valence-electron chi connectivity index (χ3n) is 2.08. The molecule has 0 N–H and O–H groups in total. The number of hydrogen-bond acceptors (Lipinski definition) is 2. The van der Waals surface area contributed by atoms with Crippen LogP contribution in [0.3, 0.4) is 0 Å². The Hall–Kier alpha value is -1.06. The average molecular weight is 229 g/mol. The summed E-state index contributed by atoms with van der Waals surface area (Å²) in [7, 11) is -2.08. The van der Waals surface area contributed by atoms with Crippen LogP contribution >= 0.6 is 12.4 Å². The maximum Gasteiger partial charge on any atom is 0.217 e. The number of rotatable bonds is 0. The highest BCUT2D eigenvalue weighted by molar-refractivity contribution is 7.73. The molecule has 0 heterocycles. The van der Waals surface area contributed by atoms with E-state index in [1.165, 1.54) is 0 Å². The highest BCUT2D eigenvalue weighted by Gasteiger charge is 2.08. The van der Waals surface area contributed by atoms with Crippen molar-refractivity contribution in [1.82, 2.24) is 0 Å². The number of allylic oxidation sites excluding steroid dienone is 1. The van der Waals surface area contributed by atoms with Crippen molar-refractivity contribution in [3.05, 3.63) is 41.5 Å². The van der Waals surface area contributed by atoms with E-state index in [2.05, 4.69) is 0 Å². The molecule has 0 aliphatic heterocycles. The van der Waals surface area contributed by atoms with Crippen LogP contribution in [0.25, 0.3) is 6.08 Å². The Labute approximate surface area is 90.2 Å². The number of benzene rings is 1. The minimum atomic E-state index is -2.08. The van der Waals surface area contributed by atoms with Crippen molar-refractivity contribution in [2.45, 2.75) is 6.42 Å². The average Bonchev–Trinajstić information content (AvgIpc) is 2.17. The molecule has 0 bridgehead atoms. The second-order valence-electron chi connectivity index (χ2n) is 2.91. The first kappa shape index (κ1) is 11.0. The third-order valence-corrected chi connectivity index (χ3v) is 2.79. The van der Waals surface area contributed by atoms with Gasteiger partial charge in [-0.3, -0.25) is 0 Å². The lowest BCUT2D eigenvalue weighted by molar-refractivity contribution is 0.627. The van der Waals surface area contributed by atoms with Gasteiger partial charge in [-0.15, -0.1) is 12.4 Å². The zero-order valence-electron chi connectivity index (χ0n) is 7.30. The molecular weight excluding hydrogens is 220 g/mol. The van der Waals surface area contributed by atoms with Gasteiger partial charge in [-0.05, 0) is 17.2 Å². The van der Waals surface area contributed by atoms with E-state index in [1.54, 1.807) is 6.08 Å². The van der Waals surface area contributed by atoms with Crippen molar-refractivity contribution in [3.8, 4) is 0 Å². The Morgan fingerprint density at radius 1 is 1.07 bits per heavy atom. The minimum absolute atomic E-state index is 0. The van der Waals surface area contributed by atoms with Gasteiger partial charge in [0.25, 0.3) is 0 Å². The summed E-state index contributed by atoms with van der Waals surface area (Å²) < 4.78 is 21.4. The molecule has 74 valence electrons. The summed E-state index contributed by atoms with van der Waals surface area (Å²) in [6.07, 6.45) is 4.01. The molecule has 0 radical (unpaired) electrons. The molecule has 0 aromatic heterocycles. The Kier molecular flexibility index (Phi) is 3.49. The molecule has 2 nitrogen and oxygen atoms in total. The first-order valence-corrected chi connectivity index (χ1v) is 5.06. The lowest BCUT2D eigenvalue weighted by atomic mass is 9.98. The Morgan fingerprint density at radius 2 is 1.79 bits per heavy atom. The highest BCUT2D eigenvalue weighted by atomic mass is 35.5. The smallest absolute Gasteiger partial charge is 0.184 e. The summed E-state index contributed by atoms with van der Waals surface area (Å²) >= 11 is 0. The quantitative estimate of drug-likeness (QED) is 0.634. The van der Waals surface area contributed by atoms with Gasteiger partial charge in [0.05, 0.1) is 4.86 Å². The number of hydrogen-bond donors (Lipinski definition) is 0. The second-order valence-corrected chi connectivity index (χ2v) is 3.90. The Balaban J connectivity index is 0.000000980. The molecule has 1 aliphatic carbocycles. The van der Waals surface area contributed by atoms with Crippen LogP contribution < -0.4 is 0 Å². The fourth-order valence-electron chi connectivity index (χ4n) is 1.40. The lowest BCUT2D eigenvalue weighted by Gasteiger charge is -2.08. The van der Waals surface area contributed by atoms with E-state index in [0.29, 0.717) is 11.3 Å². The van der Waals surface area contributed by atoms with E-state index in [-0.39, 0.29) is 12.4 Å². The van der Waals surface area contributed by atoms with E-state index in [4.69, 9.17) is 0 Å². The first-order chi connectivity index (χ1) is 6.27. The van der Waals surface area contributed by atoms with Crippen molar-refractivity contribution >= 4 is 33.6 Å². The molecule has 2 rings (SSSR count). The molecule has 1 aliphatic rings. The van der Waals surface area contributed by atoms with Crippen LogP contribution in [0.2, 0.25) is 0 Å². The molecule has 0 unspecified atom stereocenters. The van der Waals surface area contributed by atoms with Gasteiger partial charge in [0.1, 0.15) is 0 Å². The Bertz CT molecular complexity index is 493. The monoisotopic (exact) mass is 228 g/mol. The lowest BCUT2D eigenvalue weighted by Crippen LogP contribution is -2.06. The van der Waals surface area contributed by atoms with Gasteiger partial charge in [-0.25, -0.2) is 0 Å². The fourth-order valence-corrected chi connectivity index (χ4v) is 1.85. The van der Waals surface area contributed by atoms with E-state index < -0.39 is 10.3 Å². The molecule has 4 heteroatoms. The highest BCUT2D eigenvalue weighted by Crippen LogP contribution is 2.16. The molecule has 0 atom stereocenters. The van der Waals surface area contributed by atoms with Crippen molar-refractivity contribution in [1.29, 1.82) is 0 Å². The van der Waals surface area contributed by atoms with Crippen LogP contribution in [-0.4, -0.2) is 13.3 Å². The largest absolute Gasteiger partial charge is 0.217 e. The summed E-state index contributed by atoms with van der Waals surface area (Å²) in [6, 6.07) is 7.80. The summed E-state index contributed by atoms with van der Waals surface area (Å²) in [4.78, 5) is 0.457. The zero-order chi connectivity index (χ0) is 9.26. The van der Waals surface area contributed by atoms with Crippen LogP contribution in [0.4, 0.5) is 0 Å². The number of fused-ring (bicyclic) bond motifs is 1. The van der Waals surface area contributed by atoms with E-state index in [9.17, 15) is 8.42 Å². The van der Waals surface area contributed by atoms with E-state index in [1.807, 2.05) is 30.3 Å². The van der Waals surface area contributed by atoms with Gasteiger partial charge in [-0.2, -0.15) is 8.42 Å². The van der Waals surface area contributed by atoms with E-state index >= 15 is 0 Å². The summed E-state index contributed by atoms with van der Waals surface area (Å²) in [5.74, 6) is 0. The topological polar surface area (TPSA) is 34.1 Å². The third kappa shape index (κ3) is 2.05. The maximum absolute atomic E-state index is 10.7. The van der Waals surface area contributed by atoms with Crippen molar-refractivity contribution in [3.63, 3.8) is 0 Å². The van der Waals surface area contributed by atoms with Crippen LogP contribution in [0.1, 0.15) is 11.1 Å². The van der Waals surface area contributed by atoms with Crippen molar-refractivity contribution < 1.29 is 8.42 Å². The molecule has 14 heavy (non-hydrogen) atoms. The van der Waals surface area contributed by atoms with Crippen LogP contribution in [-0.2, 0) is 16.7 Å². The molecule has 0 saturated heterocycles. The van der Waals surface area contributed by atoms with Crippen LogP contribution in [0, 0.1) is 0 Å². The van der Waals surface area contributed by atoms with Crippen LogP contribution in [0.15, 0.2) is 30.3 Å². The zero-order valence-corrected chi connectivity index (χ0v) is 8.94. The second kappa shape index (κ2) is 4.44. The van der Waals surface area contributed by atoms with E-state index in [0.717, 1.165) is 11.1 Å². The van der Waals surface area contributed by atoms with Gasteiger partial charge in [0.15, 0.2) is 0 Å². The summed E-state index contributed by atoms with van der Waals surface area (Å²) in [6.45, 7) is 0. The van der Waals surface area contributed by atoms with Crippen molar-refractivity contribution in [2.24, 2.45) is 0 Å². The summed E-state index contributed by atoms with van der Waals surface area (Å²) in [5, 5.41) is 0. The van der Waals surface area contributed by atoms with Crippen LogP contribution in [0.5, 0.6) is 0 Å². The molecule has 1 aromatic carbocycles. The molecule has 0 amide bonds. The predicted octanol–water partition coefficient (Wildman–Crippen LogP) is 1.73. The fraction of sp³-hybridized carbons (Fsp3) is 0.100. The molecule has 1 aromatic rings. The number of halogens is 1. The molecule has 0 saturated carbocycles. The summed E-state index contributed by atoms with van der Waals surface area (Å²) in [5.41, 5.74) is 2.18. The predicted molar refractivity (Wildman–Crippen MR) is 60.4 cm³/mol. The van der Waals surface area contributed by atoms with Gasteiger partial charge >= 0.3 is 0 Å². The van der Waals surface area contributed by atoms with Gasteiger partial charge in [0, 0.05) is 6.42 Å². The normalized spacial score (nSPS) is 13.0. The SMILES string of the molecule is Cl.O=S(=O)=C1C=Cc2ccccc2C1. The van der Waals surface area contributed by atoms with Gasteiger partial charge < -0.3 is 0 Å². The first-order valence-electron chi connectivity index (χ1n) is 3.98. The minimum Gasteiger partial charge on any atom is -0.184 e. The maximum atomic E-state index is 10.7. The Morgan fingerprint density at radius 3 is 2.50 bits per heavy atom.